The maximum Gasteiger partial charge on any atom is 0.412 e. The largest absolute Gasteiger partial charge is 0.444 e. The molecule has 2 unspecified atom stereocenters. The summed E-state index contributed by atoms with van der Waals surface area (Å²) in [6.45, 7) is 4.95. The van der Waals surface area contributed by atoms with Gasteiger partial charge in [0.2, 0.25) is 5.78 Å². The molecule has 2 atom stereocenters. The quantitative estimate of drug-likeness (QED) is 0.493. The van der Waals surface area contributed by atoms with Crippen LogP contribution in [0.4, 0.5) is 19.3 Å². The van der Waals surface area contributed by atoms with E-state index in [4.69, 9.17) is 10.5 Å². The molecule has 35 heavy (non-hydrogen) atoms. The van der Waals surface area contributed by atoms with Crippen molar-refractivity contribution in [2.75, 3.05) is 11.9 Å². The number of nitrogens with two attached hydrogens (primary N) is 1. The maximum absolute atomic E-state index is 14.3. The number of hydrogen-bond acceptors (Lipinski definition) is 6. The van der Waals surface area contributed by atoms with E-state index in [9.17, 15) is 28.0 Å². The van der Waals surface area contributed by atoms with Gasteiger partial charge in [0.05, 0.1) is 12.5 Å². The average molecular weight is 490 g/mol. The summed E-state index contributed by atoms with van der Waals surface area (Å²) in [6, 6.07) is 11.4. The zero-order chi connectivity index (χ0) is 26.4. The molecule has 0 saturated heterocycles. The molecule has 0 aliphatic rings. The van der Waals surface area contributed by atoms with Crippen LogP contribution in [0.1, 0.15) is 49.5 Å². The first kappa shape index (κ1) is 27.6. The number of rotatable bonds is 9. The Morgan fingerprint density at radius 2 is 1.54 bits per heavy atom. The Morgan fingerprint density at radius 1 is 0.971 bits per heavy atom. The summed E-state index contributed by atoms with van der Waals surface area (Å²) in [7, 11) is 0. The van der Waals surface area contributed by atoms with E-state index in [0.717, 1.165) is 6.92 Å². The van der Waals surface area contributed by atoms with E-state index in [2.05, 4.69) is 10.6 Å². The summed E-state index contributed by atoms with van der Waals surface area (Å²) in [5.74, 6) is -8.51. The number of amides is 2. The van der Waals surface area contributed by atoms with Crippen LogP contribution >= 0.6 is 0 Å². The lowest BCUT2D eigenvalue weighted by Gasteiger charge is -2.28. The van der Waals surface area contributed by atoms with E-state index >= 15 is 0 Å². The molecule has 0 fully saturated rings. The topological polar surface area (TPSA) is 128 Å². The van der Waals surface area contributed by atoms with Crippen molar-refractivity contribution in [3.8, 4) is 0 Å². The molecule has 2 rings (SSSR count). The fourth-order valence-electron chi connectivity index (χ4n) is 3.30. The lowest BCUT2D eigenvalue weighted by atomic mass is 9.84. The molecule has 2 aromatic carbocycles. The van der Waals surface area contributed by atoms with Gasteiger partial charge in [-0.3, -0.25) is 19.7 Å². The number of carbonyl (C=O) groups excluding carboxylic acids is 4. The number of halogens is 2. The predicted octanol–water partition coefficient (Wildman–Crippen LogP) is 3.67. The zero-order valence-electron chi connectivity index (χ0n) is 19.9. The number of ketones is 2. The van der Waals surface area contributed by atoms with Crippen molar-refractivity contribution in [2.24, 2.45) is 5.73 Å². The molecule has 0 aromatic heterocycles. The minimum absolute atomic E-state index is 0.126. The molecular weight excluding hydrogens is 460 g/mol. The molecule has 0 heterocycles. The third kappa shape index (κ3) is 7.68. The summed E-state index contributed by atoms with van der Waals surface area (Å²) in [5, 5.41) is 4.81. The second-order valence-electron chi connectivity index (χ2n) is 8.93. The van der Waals surface area contributed by atoms with Gasteiger partial charge in [-0.25, -0.2) is 4.79 Å². The number of Topliss-reactive ketones (excluding diaryl/α,β-unsaturated/α-hetero) is 2. The van der Waals surface area contributed by atoms with Crippen molar-refractivity contribution in [1.82, 2.24) is 5.32 Å². The van der Waals surface area contributed by atoms with E-state index in [1.807, 2.05) is 0 Å². The molecule has 0 saturated carbocycles. The molecule has 188 valence electrons. The van der Waals surface area contributed by atoms with Crippen molar-refractivity contribution in [3.63, 3.8) is 0 Å². The predicted molar refractivity (Wildman–Crippen MR) is 126 cm³/mol. The van der Waals surface area contributed by atoms with Crippen LogP contribution in [-0.4, -0.2) is 47.7 Å². The molecule has 0 radical (unpaired) electrons. The van der Waals surface area contributed by atoms with Crippen LogP contribution in [0.5, 0.6) is 0 Å². The standard InChI is InChI=1S/C25H29F2N3O5/c1-15(31)19(16-10-12-18(13-11-16)29-23(34)35-24(2,3)4)20(21(32)25(26,27)14-28)30-22(33)17-8-6-5-7-9-17/h5-13,19-20H,14,28H2,1-4H3,(H,29,34)(H,30,33). The summed E-state index contributed by atoms with van der Waals surface area (Å²) < 4.78 is 33.8. The highest BCUT2D eigenvalue weighted by Crippen LogP contribution is 2.28. The summed E-state index contributed by atoms with van der Waals surface area (Å²) >= 11 is 0. The lowest BCUT2D eigenvalue weighted by molar-refractivity contribution is -0.145. The third-order valence-corrected chi connectivity index (χ3v) is 4.91. The van der Waals surface area contributed by atoms with Crippen LogP contribution < -0.4 is 16.4 Å². The molecule has 4 N–H and O–H groups in total. The number of nitrogens with one attached hydrogen (secondary N) is 2. The van der Waals surface area contributed by atoms with Crippen LogP contribution in [0.15, 0.2) is 54.6 Å². The minimum atomic E-state index is -3.97. The van der Waals surface area contributed by atoms with Gasteiger partial charge in [0.25, 0.3) is 5.91 Å². The van der Waals surface area contributed by atoms with Crippen molar-refractivity contribution >= 4 is 29.3 Å². The van der Waals surface area contributed by atoms with Gasteiger partial charge < -0.3 is 15.8 Å². The Hall–Kier alpha value is -3.66. The molecule has 2 aromatic rings. The highest BCUT2D eigenvalue weighted by Gasteiger charge is 2.47. The van der Waals surface area contributed by atoms with Crippen molar-refractivity contribution in [1.29, 1.82) is 0 Å². The summed E-state index contributed by atoms with van der Waals surface area (Å²) in [6.07, 6.45) is -0.709. The Labute approximate surface area is 202 Å². The number of ether oxygens (including phenoxy) is 1. The number of carbonyl (C=O) groups is 4. The van der Waals surface area contributed by atoms with Gasteiger partial charge in [0, 0.05) is 11.3 Å². The van der Waals surface area contributed by atoms with Gasteiger partial charge in [-0.1, -0.05) is 30.3 Å². The van der Waals surface area contributed by atoms with E-state index in [0.29, 0.717) is 5.69 Å². The number of anilines is 1. The molecule has 0 spiro atoms. The van der Waals surface area contributed by atoms with E-state index < -0.39 is 53.6 Å². The number of benzene rings is 2. The second kappa shape index (κ2) is 11.2. The maximum atomic E-state index is 14.3. The first-order valence-corrected chi connectivity index (χ1v) is 10.8. The van der Waals surface area contributed by atoms with Gasteiger partial charge in [0.15, 0.2) is 0 Å². The SMILES string of the molecule is CC(=O)C(c1ccc(NC(=O)OC(C)(C)C)cc1)C(NC(=O)c1ccccc1)C(=O)C(F)(F)CN. The normalized spacial score (nSPS) is 13.3. The molecular formula is C25H29F2N3O5. The number of alkyl halides is 2. The Bertz CT molecular complexity index is 1070. The molecule has 0 bridgehead atoms. The van der Waals surface area contributed by atoms with E-state index in [1.165, 1.54) is 36.4 Å². The molecule has 2 amide bonds. The van der Waals surface area contributed by atoms with Crippen molar-refractivity contribution < 1.29 is 32.7 Å². The third-order valence-electron chi connectivity index (χ3n) is 4.91. The van der Waals surface area contributed by atoms with Gasteiger partial charge in [-0.05, 0) is 57.5 Å². The molecule has 10 heteroatoms. The van der Waals surface area contributed by atoms with Gasteiger partial charge >= 0.3 is 12.0 Å². The van der Waals surface area contributed by atoms with Gasteiger partial charge in [-0.2, -0.15) is 8.78 Å². The van der Waals surface area contributed by atoms with Crippen LogP contribution in [0, 0.1) is 0 Å². The van der Waals surface area contributed by atoms with E-state index in [1.54, 1.807) is 39.0 Å². The van der Waals surface area contributed by atoms with Gasteiger partial charge in [0.1, 0.15) is 17.4 Å². The van der Waals surface area contributed by atoms with Crippen LogP contribution in [-0.2, 0) is 14.3 Å². The smallest absolute Gasteiger partial charge is 0.412 e. The van der Waals surface area contributed by atoms with Crippen LogP contribution in [0.2, 0.25) is 0 Å². The Kier molecular flexibility index (Phi) is 8.81. The molecule has 0 aliphatic carbocycles. The summed E-state index contributed by atoms with van der Waals surface area (Å²) in [5.41, 5.74) is 5.00. The van der Waals surface area contributed by atoms with E-state index in [-0.39, 0.29) is 11.1 Å². The molecule has 8 nitrogen and oxygen atoms in total. The highest BCUT2D eigenvalue weighted by molar-refractivity contribution is 6.03. The lowest BCUT2D eigenvalue weighted by Crippen LogP contribution is -2.54. The van der Waals surface area contributed by atoms with Crippen LogP contribution in [0.25, 0.3) is 0 Å². The zero-order valence-corrected chi connectivity index (χ0v) is 19.9. The number of hydrogen-bond donors (Lipinski definition) is 3. The van der Waals surface area contributed by atoms with Crippen molar-refractivity contribution in [2.45, 2.75) is 51.2 Å². The fraction of sp³-hybridized carbons (Fsp3) is 0.360. The highest BCUT2D eigenvalue weighted by atomic mass is 19.3. The second-order valence-corrected chi connectivity index (χ2v) is 8.93. The first-order chi connectivity index (χ1) is 16.2. The fourth-order valence-corrected chi connectivity index (χ4v) is 3.30. The van der Waals surface area contributed by atoms with Gasteiger partial charge in [-0.15, -0.1) is 0 Å². The molecule has 0 aliphatic heterocycles. The monoisotopic (exact) mass is 489 g/mol. The summed E-state index contributed by atoms with van der Waals surface area (Å²) in [4.78, 5) is 50.0. The Morgan fingerprint density at radius 3 is 2.03 bits per heavy atom. The van der Waals surface area contributed by atoms with Crippen molar-refractivity contribution in [3.05, 3.63) is 65.7 Å². The Balaban J connectivity index is 2.39. The van der Waals surface area contributed by atoms with Crippen LogP contribution in [0.3, 0.4) is 0 Å². The first-order valence-electron chi connectivity index (χ1n) is 10.8. The average Bonchev–Trinajstić information content (AvgIpc) is 2.78. The minimum Gasteiger partial charge on any atom is -0.444 e.